The predicted octanol–water partition coefficient (Wildman–Crippen LogP) is 1.40. The van der Waals surface area contributed by atoms with Crippen LogP contribution in [0.15, 0.2) is 12.7 Å². The lowest BCUT2D eigenvalue weighted by atomic mass is 10.1. The van der Waals surface area contributed by atoms with Gasteiger partial charge in [0.15, 0.2) is 0 Å². The number of carbonyl (C=O) groups is 1. The van der Waals surface area contributed by atoms with Gasteiger partial charge >= 0.3 is 12.3 Å². The molecule has 1 rings (SSSR count). The fourth-order valence-electron chi connectivity index (χ4n) is 1.69. The van der Waals surface area contributed by atoms with Gasteiger partial charge < -0.3 is 10.0 Å². The SMILES string of the molecule is C=CCN1CCN(C(=O)O)C[C@@H]1C(F)(F)F. The molecule has 4 nitrogen and oxygen atoms in total. The number of rotatable bonds is 2. The van der Waals surface area contributed by atoms with E-state index in [0.717, 1.165) is 4.90 Å². The Kier molecular flexibility index (Phi) is 3.79. The number of halogens is 3. The van der Waals surface area contributed by atoms with E-state index >= 15 is 0 Å². The van der Waals surface area contributed by atoms with Crippen LogP contribution in [0.1, 0.15) is 0 Å². The van der Waals surface area contributed by atoms with Crippen molar-refractivity contribution in [3.8, 4) is 0 Å². The topological polar surface area (TPSA) is 43.8 Å². The molecule has 0 aromatic rings. The molecular formula is C9H13F3N2O2. The van der Waals surface area contributed by atoms with Crippen molar-refractivity contribution < 1.29 is 23.1 Å². The first-order chi connectivity index (χ1) is 7.36. The summed E-state index contributed by atoms with van der Waals surface area (Å²) in [6, 6.07) is -1.74. The number of amides is 1. The minimum atomic E-state index is -4.42. The molecule has 0 saturated carbocycles. The zero-order valence-electron chi connectivity index (χ0n) is 8.57. The van der Waals surface area contributed by atoms with Gasteiger partial charge in [0.05, 0.1) is 0 Å². The lowest BCUT2D eigenvalue weighted by molar-refractivity contribution is -0.193. The summed E-state index contributed by atoms with van der Waals surface area (Å²) in [6.07, 6.45) is -4.35. The second kappa shape index (κ2) is 4.73. The molecule has 1 amide bonds. The van der Waals surface area contributed by atoms with Crippen molar-refractivity contribution in [1.82, 2.24) is 9.80 Å². The van der Waals surface area contributed by atoms with E-state index in [1.165, 1.54) is 11.0 Å². The van der Waals surface area contributed by atoms with E-state index in [1.54, 1.807) is 0 Å². The maximum absolute atomic E-state index is 12.7. The van der Waals surface area contributed by atoms with Crippen molar-refractivity contribution >= 4 is 6.09 Å². The van der Waals surface area contributed by atoms with Crippen LogP contribution in [0.2, 0.25) is 0 Å². The maximum Gasteiger partial charge on any atom is 0.407 e. The van der Waals surface area contributed by atoms with Gasteiger partial charge in [-0.15, -0.1) is 6.58 Å². The second-order valence-electron chi connectivity index (χ2n) is 3.57. The number of nitrogens with zero attached hydrogens (tertiary/aromatic N) is 2. The molecule has 16 heavy (non-hydrogen) atoms. The highest BCUT2D eigenvalue weighted by Crippen LogP contribution is 2.27. The van der Waals surface area contributed by atoms with E-state index in [1.807, 2.05) is 0 Å². The molecule has 1 aliphatic rings. The van der Waals surface area contributed by atoms with Crippen molar-refractivity contribution in [3.63, 3.8) is 0 Å². The molecule has 0 radical (unpaired) electrons. The molecule has 0 spiro atoms. The van der Waals surface area contributed by atoms with Gasteiger partial charge in [-0.2, -0.15) is 13.2 Å². The predicted molar refractivity (Wildman–Crippen MR) is 51.2 cm³/mol. The molecule has 0 aliphatic carbocycles. The zero-order chi connectivity index (χ0) is 12.3. The van der Waals surface area contributed by atoms with E-state index in [4.69, 9.17) is 5.11 Å². The fraction of sp³-hybridized carbons (Fsp3) is 0.667. The minimum Gasteiger partial charge on any atom is -0.465 e. The van der Waals surface area contributed by atoms with E-state index in [0.29, 0.717) is 0 Å². The van der Waals surface area contributed by atoms with Crippen LogP contribution in [0.25, 0.3) is 0 Å². The Morgan fingerprint density at radius 2 is 2.12 bits per heavy atom. The van der Waals surface area contributed by atoms with E-state index < -0.39 is 24.9 Å². The Morgan fingerprint density at radius 1 is 1.50 bits per heavy atom. The molecule has 0 aromatic heterocycles. The molecule has 0 aromatic carbocycles. The summed E-state index contributed by atoms with van der Waals surface area (Å²) >= 11 is 0. The molecule has 0 bridgehead atoms. The molecular weight excluding hydrogens is 225 g/mol. The summed E-state index contributed by atoms with van der Waals surface area (Å²) in [5.41, 5.74) is 0. The normalized spacial score (nSPS) is 23.2. The van der Waals surface area contributed by atoms with Crippen molar-refractivity contribution in [2.75, 3.05) is 26.2 Å². The Morgan fingerprint density at radius 3 is 2.56 bits per heavy atom. The summed E-state index contributed by atoms with van der Waals surface area (Å²) in [5, 5.41) is 8.66. The zero-order valence-corrected chi connectivity index (χ0v) is 8.57. The van der Waals surface area contributed by atoms with Crippen molar-refractivity contribution in [3.05, 3.63) is 12.7 Å². The van der Waals surface area contributed by atoms with Gasteiger partial charge in [0, 0.05) is 26.2 Å². The van der Waals surface area contributed by atoms with Gasteiger partial charge in [-0.25, -0.2) is 4.79 Å². The van der Waals surface area contributed by atoms with E-state index in [9.17, 15) is 18.0 Å². The number of hydrogen-bond acceptors (Lipinski definition) is 2. The summed E-state index contributed by atoms with van der Waals surface area (Å²) < 4.78 is 38.0. The Balaban J connectivity index is 2.77. The molecule has 1 N–H and O–H groups in total. The maximum atomic E-state index is 12.7. The van der Waals surface area contributed by atoms with E-state index in [2.05, 4.69) is 6.58 Å². The monoisotopic (exact) mass is 238 g/mol. The number of carboxylic acid groups (broad SMARTS) is 1. The van der Waals surface area contributed by atoms with Crippen LogP contribution in [0.3, 0.4) is 0 Å². The lowest BCUT2D eigenvalue weighted by Gasteiger charge is -2.40. The van der Waals surface area contributed by atoms with Gasteiger partial charge in [0.2, 0.25) is 0 Å². The van der Waals surface area contributed by atoms with Crippen LogP contribution in [-0.2, 0) is 0 Å². The second-order valence-corrected chi connectivity index (χ2v) is 3.57. The van der Waals surface area contributed by atoms with Crippen molar-refractivity contribution in [2.24, 2.45) is 0 Å². The first-order valence-corrected chi connectivity index (χ1v) is 4.75. The highest BCUT2D eigenvalue weighted by atomic mass is 19.4. The van der Waals surface area contributed by atoms with Crippen molar-refractivity contribution in [1.29, 1.82) is 0 Å². The van der Waals surface area contributed by atoms with Crippen LogP contribution in [-0.4, -0.2) is 59.4 Å². The van der Waals surface area contributed by atoms with Crippen LogP contribution in [0, 0.1) is 0 Å². The number of hydrogen-bond donors (Lipinski definition) is 1. The van der Waals surface area contributed by atoms with Crippen LogP contribution in [0.5, 0.6) is 0 Å². The van der Waals surface area contributed by atoms with Crippen LogP contribution < -0.4 is 0 Å². The quantitative estimate of drug-likeness (QED) is 0.739. The molecule has 7 heteroatoms. The Labute approximate surface area is 90.9 Å². The molecule has 1 saturated heterocycles. The van der Waals surface area contributed by atoms with Gasteiger partial charge in [-0.3, -0.25) is 4.90 Å². The van der Waals surface area contributed by atoms with Gasteiger partial charge in [-0.1, -0.05) is 6.08 Å². The minimum absolute atomic E-state index is 0.0719. The molecule has 1 aliphatic heterocycles. The third-order valence-corrected chi connectivity index (χ3v) is 2.50. The number of piperazine rings is 1. The summed E-state index contributed by atoms with van der Waals surface area (Å²) in [6.45, 7) is 3.13. The van der Waals surface area contributed by atoms with Crippen LogP contribution in [0.4, 0.5) is 18.0 Å². The van der Waals surface area contributed by atoms with Gasteiger partial charge in [0.25, 0.3) is 0 Å². The average molecular weight is 238 g/mol. The standard InChI is InChI=1S/C9H13F3N2O2/c1-2-3-13-4-5-14(8(15)16)6-7(13)9(10,11)12/h2,7H,1,3-6H2,(H,15,16)/t7-/m1/s1. The largest absolute Gasteiger partial charge is 0.465 e. The van der Waals surface area contributed by atoms with E-state index in [-0.39, 0.29) is 19.6 Å². The summed E-state index contributed by atoms with van der Waals surface area (Å²) in [5.74, 6) is 0. The molecule has 1 heterocycles. The lowest BCUT2D eigenvalue weighted by Crippen LogP contribution is -2.59. The molecule has 92 valence electrons. The average Bonchev–Trinajstić information content (AvgIpc) is 2.16. The first-order valence-electron chi connectivity index (χ1n) is 4.75. The Hall–Kier alpha value is -1.24. The third-order valence-electron chi connectivity index (χ3n) is 2.50. The molecule has 1 atom stereocenters. The fourth-order valence-corrected chi connectivity index (χ4v) is 1.69. The Bertz CT molecular complexity index is 280. The summed E-state index contributed by atoms with van der Waals surface area (Å²) in [4.78, 5) is 12.6. The molecule has 0 unspecified atom stereocenters. The van der Waals surface area contributed by atoms with Gasteiger partial charge in [-0.05, 0) is 0 Å². The third kappa shape index (κ3) is 2.88. The van der Waals surface area contributed by atoms with Crippen molar-refractivity contribution in [2.45, 2.75) is 12.2 Å². The summed E-state index contributed by atoms with van der Waals surface area (Å²) in [7, 11) is 0. The van der Waals surface area contributed by atoms with Gasteiger partial charge in [0.1, 0.15) is 6.04 Å². The smallest absolute Gasteiger partial charge is 0.407 e. The van der Waals surface area contributed by atoms with Crippen LogP contribution >= 0.6 is 0 Å². The first kappa shape index (κ1) is 12.8. The number of alkyl halides is 3. The molecule has 1 fully saturated rings. The highest BCUT2D eigenvalue weighted by molar-refractivity contribution is 5.65. The highest BCUT2D eigenvalue weighted by Gasteiger charge is 2.46.